The summed E-state index contributed by atoms with van der Waals surface area (Å²) in [7, 11) is 0. The Bertz CT molecular complexity index is 170. The van der Waals surface area contributed by atoms with Gasteiger partial charge >= 0.3 is 0 Å². The molecule has 0 spiro atoms. The molecule has 0 saturated heterocycles. The maximum absolute atomic E-state index is 10.2. The van der Waals surface area contributed by atoms with Gasteiger partial charge in [0.05, 0.1) is 4.91 Å². The van der Waals surface area contributed by atoms with Crippen LogP contribution >= 0.6 is 0 Å². The monoisotopic (exact) mass is 144 g/mol. The van der Waals surface area contributed by atoms with Crippen LogP contribution in [-0.2, 0) is 11.1 Å². The highest BCUT2D eigenvalue weighted by molar-refractivity contribution is 7.83. The summed E-state index contributed by atoms with van der Waals surface area (Å²) < 4.78 is 18.7. The lowest BCUT2D eigenvalue weighted by atomic mass is 10.5. The molecule has 1 unspecified atom stereocenters. The summed E-state index contributed by atoms with van der Waals surface area (Å²) in [5.74, 6) is 0. The molecule has 0 saturated carbocycles. The SMILES string of the molecule is C=C/C=C(\C=C)S(=O)O. The van der Waals surface area contributed by atoms with Crippen LogP contribution in [0.15, 0.2) is 36.3 Å². The van der Waals surface area contributed by atoms with E-state index in [2.05, 4.69) is 13.2 Å². The molecule has 0 aromatic carbocycles. The predicted molar refractivity (Wildman–Crippen MR) is 39.2 cm³/mol. The smallest absolute Gasteiger partial charge is 0.186 e. The summed E-state index contributed by atoms with van der Waals surface area (Å²) >= 11 is -1.93. The highest BCUT2D eigenvalue weighted by Gasteiger charge is 1.94. The standard InChI is InChI=1S/C6H8O2S/c1-3-5-6(4-2)9(7)8/h3-5H,1-2H2,(H,7,8)/b6-5+. The molecular weight excluding hydrogens is 136 g/mol. The maximum Gasteiger partial charge on any atom is 0.186 e. The molecule has 0 aliphatic carbocycles. The van der Waals surface area contributed by atoms with E-state index in [4.69, 9.17) is 4.55 Å². The first-order valence-electron chi connectivity index (χ1n) is 2.28. The Hall–Kier alpha value is -0.670. The first kappa shape index (κ1) is 8.33. The molecule has 0 rings (SSSR count). The summed E-state index contributed by atoms with van der Waals surface area (Å²) in [6, 6.07) is 0. The van der Waals surface area contributed by atoms with Gasteiger partial charge in [0.25, 0.3) is 0 Å². The molecule has 0 radical (unpaired) electrons. The lowest BCUT2D eigenvalue weighted by molar-refractivity contribution is 0.572. The quantitative estimate of drug-likeness (QED) is 0.481. The van der Waals surface area contributed by atoms with Gasteiger partial charge in [-0.3, -0.25) is 0 Å². The van der Waals surface area contributed by atoms with Gasteiger partial charge in [0.1, 0.15) is 0 Å². The fourth-order valence-corrected chi connectivity index (χ4v) is 0.669. The highest BCUT2D eigenvalue weighted by Crippen LogP contribution is 1.98. The Morgan fingerprint density at radius 2 is 2.11 bits per heavy atom. The van der Waals surface area contributed by atoms with Crippen molar-refractivity contribution in [2.75, 3.05) is 0 Å². The molecule has 1 atom stereocenters. The van der Waals surface area contributed by atoms with Gasteiger partial charge < -0.3 is 4.55 Å². The predicted octanol–water partition coefficient (Wildman–Crippen LogP) is 1.46. The Labute approximate surface area is 56.9 Å². The van der Waals surface area contributed by atoms with Crippen LogP contribution in [0.25, 0.3) is 0 Å². The second-order valence-electron chi connectivity index (χ2n) is 1.26. The van der Waals surface area contributed by atoms with Gasteiger partial charge in [0.2, 0.25) is 0 Å². The van der Waals surface area contributed by atoms with E-state index in [9.17, 15) is 4.21 Å². The van der Waals surface area contributed by atoms with E-state index in [1.54, 1.807) is 0 Å². The van der Waals surface area contributed by atoms with Crippen molar-refractivity contribution in [1.82, 2.24) is 0 Å². The first-order chi connectivity index (χ1) is 4.22. The van der Waals surface area contributed by atoms with Crippen LogP contribution in [0.3, 0.4) is 0 Å². The van der Waals surface area contributed by atoms with E-state index in [1.165, 1.54) is 18.2 Å². The highest BCUT2D eigenvalue weighted by atomic mass is 32.2. The summed E-state index contributed by atoms with van der Waals surface area (Å²) in [5.41, 5.74) is 0. The van der Waals surface area contributed by atoms with Crippen LogP contribution < -0.4 is 0 Å². The van der Waals surface area contributed by atoms with Gasteiger partial charge in [0, 0.05) is 0 Å². The molecule has 0 aliphatic rings. The van der Waals surface area contributed by atoms with Gasteiger partial charge in [-0.15, -0.1) is 0 Å². The third kappa shape index (κ3) is 3.00. The van der Waals surface area contributed by atoms with Crippen LogP contribution in [0, 0.1) is 0 Å². The fraction of sp³-hybridized carbons (Fsp3) is 0. The molecular formula is C6H8O2S. The third-order valence-electron chi connectivity index (χ3n) is 0.685. The van der Waals surface area contributed by atoms with E-state index in [0.29, 0.717) is 0 Å². The van der Waals surface area contributed by atoms with Gasteiger partial charge in [0.15, 0.2) is 11.1 Å². The number of rotatable bonds is 3. The van der Waals surface area contributed by atoms with Crippen molar-refractivity contribution >= 4 is 11.1 Å². The van der Waals surface area contributed by atoms with E-state index in [0.717, 1.165) is 0 Å². The van der Waals surface area contributed by atoms with Crippen molar-refractivity contribution in [3.05, 3.63) is 36.3 Å². The molecule has 9 heavy (non-hydrogen) atoms. The minimum Gasteiger partial charge on any atom is -0.302 e. The van der Waals surface area contributed by atoms with Crippen molar-refractivity contribution in [3.8, 4) is 0 Å². The summed E-state index contributed by atoms with van der Waals surface area (Å²) in [4.78, 5) is 0.269. The minimum atomic E-state index is -1.93. The molecule has 0 fully saturated rings. The van der Waals surface area contributed by atoms with Gasteiger partial charge in [-0.2, -0.15) is 0 Å². The van der Waals surface area contributed by atoms with Crippen LogP contribution in [0.4, 0.5) is 0 Å². The van der Waals surface area contributed by atoms with Crippen LogP contribution in [0.2, 0.25) is 0 Å². The molecule has 0 aromatic rings. The van der Waals surface area contributed by atoms with Crippen molar-refractivity contribution in [2.24, 2.45) is 0 Å². The lowest BCUT2D eigenvalue weighted by Gasteiger charge is -1.88. The molecule has 1 N–H and O–H groups in total. The Kier molecular flexibility index (Phi) is 3.92. The zero-order chi connectivity index (χ0) is 7.28. The zero-order valence-electron chi connectivity index (χ0n) is 4.91. The molecule has 0 aromatic heterocycles. The molecule has 2 nitrogen and oxygen atoms in total. The Morgan fingerprint density at radius 1 is 1.56 bits per heavy atom. The van der Waals surface area contributed by atoms with E-state index in [1.807, 2.05) is 0 Å². The Balaban J connectivity index is 4.32. The Morgan fingerprint density at radius 3 is 2.22 bits per heavy atom. The largest absolute Gasteiger partial charge is 0.302 e. The van der Waals surface area contributed by atoms with Crippen molar-refractivity contribution < 1.29 is 8.76 Å². The number of hydrogen-bond acceptors (Lipinski definition) is 1. The molecule has 0 heterocycles. The molecule has 0 amide bonds. The molecule has 0 bridgehead atoms. The average molecular weight is 144 g/mol. The second kappa shape index (κ2) is 4.23. The summed E-state index contributed by atoms with van der Waals surface area (Å²) in [6.07, 6.45) is 4.19. The molecule has 3 heteroatoms. The topological polar surface area (TPSA) is 37.3 Å². The first-order valence-corrected chi connectivity index (χ1v) is 3.39. The molecule has 50 valence electrons. The van der Waals surface area contributed by atoms with E-state index >= 15 is 0 Å². The van der Waals surface area contributed by atoms with Crippen molar-refractivity contribution in [3.63, 3.8) is 0 Å². The van der Waals surface area contributed by atoms with Crippen molar-refractivity contribution in [2.45, 2.75) is 0 Å². The third-order valence-corrected chi connectivity index (χ3v) is 1.39. The van der Waals surface area contributed by atoms with Gasteiger partial charge in [-0.25, -0.2) is 4.21 Å². The lowest BCUT2D eigenvalue weighted by Crippen LogP contribution is -1.86. The van der Waals surface area contributed by atoms with E-state index < -0.39 is 11.1 Å². The van der Waals surface area contributed by atoms with E-state index in [-0.39, 0.29) is 4.91 Å². The van der Waals surface area contributed by atoms with Gasteiger partial charge in [-0.05, 0) is 6.08 Å². The minimum absolute atomic E-state index is 0.269. The summed E-state index contributed by atoms with van der Waals surface area (Å²) in [5, 5.41) is 0. The normalized spacial score (nSPS) is 14.6. The van der Waals surface area contributed by atoms with Crippen LogP contribution in [-0.4, -0.2) is 8.76 Å². The number of hydrogen-bond donors (Lipinski definition) is 1. The van der Waals surface area contributed by atoms with Gasteiger partial charge in [-0.1, -0.05) is 25.3 Å². The molecule has 0 aliphatic heterocycles. The fourth-order valence-electron chi connectivity index (χ4n) is 0.314. The second-order valence-corrected chi connectivity index (χ2v) is 2.23. The summed E-state index contributed by atoms with van der Waals surface area (Å²) in [6.45, 7) is 6.69. The average Bonchev–Trinajstić information content (AvgIpc) is 1.82. The van der Waals surface area contributed by atoms with Crippen LogP contribution in [0.5, 0.6) is 0 Å². The zero-order valence-corrected chi connectivity index (χ0v) is 5.73. The number of allylic oxidation sites excluding steroid dienone is 3. The maximum atomic E-state index is 10.2. The van der Waals surface area contributed by atoms with Crippen LogP contribution in [0.1, 0.15) is 0 Å². The van der Waals surface area contributed by atoms with Crippen molar-refractivity contribution in [1.29, 1.82) is 0 Å².